The van der Waals surface area contributed by atoms with Crippen LogP contribution in [0.3, 0.4) is 0 Å². The normalized spacial score (nSPS) is 21.5. The van der Waals surface area contributed by atoms with Gasteiger partial charge in [-0.1, -0.05) is 35.0 Å². The lowest BCUT2D eigenvalue weighted by Gasteiger charge is -2.41. The van der Waals surface area contributed by atoms with Crippen LogP contribution < -0.4 is 16.4 Å². The second-order valence-corrected chi connectivity index (χ2v) is 9.08. The van der Waals surface area contributed by atoms with Gasteiger partial charge in [0.1, 0.15) is 21.8 Å². The monoisotopic (exact) mass is 438 g/mol. The van der Waals surface area contributed by atoms with E-state index in [1.165, 1.54) is 11.8 Å². The molecule has 0 unspecified atom stereocenters. The van der Waals surface area contributed by atoms with Crippen molar-refractivity contribution in [3.05, 3.63) is 28.6 Å². The Labute approximate surface area is 177 Å². The molecule has 4 rings (SSSR count). The molecule has 0 amide bonds. The fourth-order valence-corrected chi connectivity index (χ4v) is 5.21. The van der Waals surface area contributed by atoms with Crippen molar-refractivity contribution in [2.45, 2.75) is 41.6 Å². The van der Waals surface area contributed by atoms with Crippen molar-refractivity contribution in [3.8, 4) is 0 Å². The van der Waals surface area contributed by atoms with Gasteiger partial charge in [0.25, 0.3) is 0 Å². The molecule has 2 aromatic heterocycles. The van der Waals surface area contributed by atoms with Crippen LogP contribution in [0, 0.1) is 5.41 Å². The number of carbonyl (C=O) groups is 1. The van der Waals surface area contributed by atoms with Gasteiger partial charge in [-0.25, -0.2) is 15.0 Å². The number of nitrogens with zero attached hydrogens (tertiary/aromatic N) is 4. The fraction of sp³-hybridized carbons (Fsp3) is 0.444. The number of hydrogen-bond donors (Lipinski definition) is 2. The topological polar surface area (TPSA) is 111 Å². The molecule has 2 fully saturated rings. The summed E-state index contributed by atoms with van der Waals surface area (Å²) in [5, 5.41) is 1.16. The third-order valence-corrected chi connectivity index (χ3v) is 7.58. The standard InChI is InChI=1S/C18H20Cl2N6OS/c19-14-11(1-4-23-15(14)20)28-17-16(22)25-13(9-24-17)26-5-2-18(3-6-26)8-10(27)7-12(18)21/h1,4,9,12H,2-3,5-8,21H2,(H2,22,25)/t12-/m1/s1. The number of halogens is 2. The summed E-state index contributed by atoms with van der Waals surface area (Å²) in [5.74, 6) is 1.34. The zero-order chi connectivity index (χ0) is 19.9. The summed E-state index contributed by atoms with van der Waals surface area (Å²) in [4.78, 5) is 27.6. The minimum atomic E-state index is -0.0558. The maximum atomic E-state index is 11.8. The van der Waals surface area contributed by atoms with Crippen LogP contribution in [0.1, 0.15) is 25.7 Å². The highest BCUT2D eigenvalue weighted by Gasteiger charge is 2.46. The number of nitrogens with two attached hydrogens (primary N) is 2. The Morgan fingerprint density at radius 3 is 2.64 bits per heavy atom. The Morgan fingerprint density at radius 1 is 1.25 bits per heavy atom. The van der Waals surface area contributed by atoms with E-state index in [-0.39, 0.29) is 22.4 Å². The first-order valence-electron chi connectivity index (χ1n) is 9.00. The van der Waals surface area contributed by atoms with Crippen LogP contribution in [0.25, 0.3) is 0 Å². The van der Waals surface area contributed by atoms with Crippen LogP contribution in [0.15, 0.2) is 28.4 Å². The van der Waals surface area contributed by atoms with Crippen molar-refractivity contribution in [3.63, 3.8) is 0 Å². The molecule has 1 aliphatic carbocycles. The summed E-state index contributed by atoms with van der Waals surface area (Å²) < 4.78 is 0. The molecule has 3 heterocycles. The van der Waals surface area contributed by atoms with Gasteiger partial charge in [-0.2, -0.15) is 0 Å². The molecule has 7 nitrogen and oxygen atoms in total. The molecule has 2 aliphatic rings. The molecular weight excluding hydrogens is 419 g/mol. The summed E-state index contributed by atoms with van der Waals surface area (Å²) in [5.41, 5.74) is 12.3. The van der Waals surface area contributed by atoms with E-state index in [1.807, 2.05) is 0 Å². The zero-order valence-electron chi connectivity index (χ0n) is 15.1. The summed E-state index contributed by atoms with van der Waals surface area (Å²) in [6.07, 6.45) is 6.15. The van der Waals surface area contributed by atoms with Crippen molar-refractivity contribution in [1.82, 2.24) is 15.0 Å². The number of Topliss-reactive ketones (excluding diaryl/α,β-unsaturated/α-hetero) is 1. The van der Waals surface area contributed by atoms with E-state index >= 15 is 0 Å². The molecule has 4 N–H and O–H groups in total. The molecule has 1 saturated heterocycles. The lowest BCUT2D eigenvalue weighted by Crippen LogP contribution is -2.47. The van der Waals surface area contributed by atoms with Crippen molar-refractivity contribution < 1.29 is 4.79 Å². The second kappa shape index (κ2) is 7.67. The molecule has 0 radical (unpaired) electrons. The largest absolute Gasteiger partial charge is 0.381 e. The average molecular weight is 439 g/mol. The second-order valence-electron chi connectivity index (χ2n) is 7.31. The number of ketones is 1. The van der Waals surface area contributed by atoms with Gasteiger partial charge in [0, 0.05) is 43.1 Å². The summed E-state index contributed by atoms with van der Waals surface area (Å²) in [7, 11) is 0. The molecule has 10 heteroatoms. The van der Waals surface area contributed by atoms with Crippen LogP contribution in [0.2, 0.25) is 10.2 Å². The smallest absolute Gasteiger partial charge is 0.158 e. The maximum Gasteiger partial charge on any atom is 0.158 e. The van der Waals surface area contributed by atoms with Crippen molar-refractivity contribution in [1.29, 1.82) is 0 Å². The number of piperidine rings is 1. The van der Waals surface area contributed by atoms with Gasteiger partial charge in [0.05, 0.1) is 11.2 Å². The number of pyridine rings is 1. The van der Waals surface area contributed by atoms with Crippen LogP contribution in [-0.2, 0) is 4.79 Å². The minimum absolute atomic E-state index is 0.0333. The number of nitrogen functional groups attached to an aromatic ring is 1. The van der Waals surface area contributed by atoms with Crippen LogP contribution >= 0.6 is 35.0 Å². The number of rotatable bonds is 3. The lowest BCUT2D eigenvalue weighted by atomic mass is 9.74. The Bertz CT molecular complexity index is 919. The summed E-state index contributed by atoms with van der Waals surface area (Å²) >= 11 is 13.4. The Hall–Kier alpha value is -1.61. The van der Waals surface area contributed by atoms with Crippen molar-refractivity contribution in [2.24, 2.45) is 11.1 Å². The highest BCUT2D eigenvalue weighted by atomic mass is 35.5. The van der Waals surface area contributed by atoms with E-state index in [9.17, 15) is 4.79 Å². The van der Waals surface area contributed by atoms with E-state index in [0.717, 1.165) is 36.6 Å². The van der Waals surface area contributed by atoms with Gasteiger partial charge in [-0.3, -0.25) is 4.79 Å². The molecule has 1 atom stereocenters. The van der Waals surface area contributed by atoms with Gasteiger partial charge in [-0.05, 0) is 24.3 Å². The number of carbonyl (C=O) groups excluding carboxylic acids is 1. The molecule has 0 bridgehead atoms. The number of hydrogen-bond acceptors (Lipinski definition) is 8. The number of anilines is 2. The molecule has 28 heavy (non-hydrogen) atoms. The zero-order valence-corrected chi connectivity index (χ0v) is 17.4. The highest BCUT2D eigenvalue weighted by Crippen LogP contribution is 2.44. The fourth-order valence-electron chi connectivity index (χ4n) is 3.98. The Balaban J connectivity index is 1.47. The number of aromatic nitrogens is 3. The molecule has 1 spiro atoms. The van der Waals surface area contributed by atoms with Crippen LogP contribution in [-0.4, -0.2) is 39.9 Å². The molecular formula is C18H20Cl2N6OS. The van der Waals surface area contributed by atoms with Gasteiger partial charge in [0.15, 0.2) is 5.82 Å². The first-order valence-corrected chi connectivity index (χ1v) is 10.6. The molecule has 1 aliphatic heterocycles. The summed E-state index contributed by atoms with van der Waals surface area (Å²) in [6.45, 7) is 1.57. The predicted octanol–water partition coefficient (Wildman–Crippen LogP) is 3.19. The molecule has 148 valence electrons. The van der Waals surface area contributed by atoms with E-state index in [4.69, 9.17) is 34.7 Å². The highest BCUT2D eigenvalue weighted by molar-refractivity contribution is 7.99. The van der Waals surface area contributed by atoms with Crippen molar-refractivity contribution >= 4 is 52.4 Å². The minimum Gasteiger partial charge on any atom is -0.381 e. The van der Waals surface area contributed by atoms with E-state index in [0.29, 0.717) is 28.7 Å². The molecule has 0 aromatic carbocycles. The Morgan fingerprint density at radius 2 is 2.00 bits per heavy atom. The third-order valence-electron chi connectivity index (χ3n) is 5.64. The van der Waals surface area contributed by atoms with Crippen LogP contribution in [0.4, 0.5) is 11.6 Å². The third kappa shape index (κ3) is 3.66. The predicted molar refractivity (Wildman–Crippen MR) is 111 cm³/mol. The van der Waals surface area contributed by atoms with E-state index < -0.39 is 0 Å². The van der Waals surface area contributed by atoms with E-state index in [2.05, 4.69) is 19.9 Å². The first kappa shape index (κ1) is 19.7. The average Bonchev–Trinajstić information content (AvgIpc) is 2.94. The first-order chi connectivity index (χ1) is 13.4. The lowest BCUT2D eigenvalue weighted by molar-refractivity contribution is -0.118. The van der Waals surface area contributed by atoms with Gasteiger partial charge in [0.2, 0.25) is 0 Å². The molecule has 1 saturated carbocycles. The maximum absolute atomic E-state index is 11.8. The van der Waals surface area contributed by atoms with E-state index in [1.54, 1.807) is 18.5 Å². The quantitative estimate of drug-likeness (QED) is 0.702. The molecule has 2 aromatic rings. The van der Waals surface area contributed by atoms with Gasteiger partial charge >= 0.3 is 0 Å². The Kier molecular flexibility index (Phi) is 5.39. The van der Waals surface area contributed by atoms with Crippen LogP contribution in [0.5, 0.6) is 0 Å². The van der Waals surface area contributed by atoms with Gasteiger partial charge < -0.3 is 16.4 Å². The van der Waals surface area contributed by atoms with Gasteiger partial charge in [-0.15, -0.1) is 0 Å². The van der Waals surface area contributed by atoms with Crippen molar-refractivity contribution in [2.75, 3.05) is 23.7 Å². The SMILES string of the molecule is Nc1nc(N2CCC3(CC2)CC(=O)C[C@H]3N)cnc1Sc1ccnc(Cl)c1Cl. The summed E-state index contributed by atoms with van der Waals surface area (Å²) in [6, 6.07) is 1.72.